The first-order chi connectivity index (χ1) is 17.5. The predicted molar refractivity (Wildman–Crippen MR) is 140 cm³/mol. The van der Waals surface area contributed by atoms with Gasteiger partial charge in [-0.25, -0.2) is 18.1 Å². The molecular weight excluding hydrogens is 492 g/mol. The molecule has 1 aliphatic heterocycles. The van der Waals surface area contributed by atoms with Crippen molar-refractivity contribution in [3.63, 3.8) is 0 Å². The number of hydrogen-bond donors (Lipinski definition) is 3. The Balaban J connectivity index is 1.27. The summed E-state index contributed by atoms with van der Waals surface area (Å²) >= 11 is 0. The molecule has 192 valence electrons. The number of aliphatic hydroxyl groups is 1. The highest BCUT2D eigenvalue weighted by atomic mass is 32.2. The summed E-state index contributed by atoms with van der Waals surface area (Å²) in [5.74, 6) is 0.846. The van der Waals surface area contributed by atoms with Crippen LogP contribution in [0.3, 0.4) is 0 Å². The molecule has 11 heteroatoms. The Labute approximate surface area is 215 Å². The fourth-order valence-corrected chi connectivity index (χ4v) is 7.00. The monoisotopic (exact) mass is 520 g/mol. The van der Waals surface area contributed by atoms with E-state index in [9.17, 15) is 18.3 Å². The van der Waals surface area contributed by atoms with Gasteiger partial charge >= 0.3 is 0 Å². The van der Waals surface area contributed by atoms with Gasteiger partial charge in [-0.2, -0.15) is 4.98 Å². The zero-order valence-electron chi connectivity index (χ0n) is 20.8. The van der Waals surface area contributed by atoms with Gasteiger partial charge in [0.15, 0.2) is 5.82 Å². The van der Waals surface area contributed by atoms with Gasteiger partial charge in [-0.1, -0.05) is 17.7 Å². The van der Waals surface area contributed by atoms with Crippen LogP contribution in [-0.4, -0.2) is 55.1 Å². The highest BCUT2D eigenvalue weighted by Crippen LogP contribution is 2.52. The lowest BCUT2D eigenvalue weighted by molar-refractivity contribution is -0.0206. The Morgan fingerprint density at radius 2 is 1.84 bits per heavy atom. The molecular formula is C26H28N6O4S. The minimum Gasteiger partial charge on any atom is -0.390 e. The first kappa shape index (κ1) is 23.8. The van der Waals surface area contributed by atoms with Gasteiger partial charge in [0.05, 0.1) is 27.9 Å². The number of carbonyl (C=O) groups excluding carboxylic acids is 1. The highest BCUT2D eigenvalue weighted by molar-refractivity contribution is 7.89. The third-order valence-electron chi connectivity index (χ3n) is 7.64. The smallest absolute Gasteiger partial charge is 0.260 e. The van der Waals surface area contributed by atoms with Crippen LogP contribution >= 0.6 is 0 Å². The molecule has 1 amide bonds. The number of aryl methyl sites for hydroxylation is 1. The summed E-state index contributed by atoms with van der Waals surface area (Å²) < 4.78 is 28.9. The topological polar surface area (TPSA) is 128 Å². The number of fused-ring (bicyclic) bond motifs is 3. The average molecular weight is 521 g/mol. The van der Waals surface area contributed by atoms with Gasteiger partial charge in [-0.15, -0.1) is 0 Å². The molecule has 2 aromatic carbocycles. The molecule has 0 radical (unpaired) electrons. The molecule has 10 nitrogen and oxygen atoms in total. The molecule has 4 aliphatic rings. The van der Waals surface area contributed by atoms with Crippen LogP contribution in [0.25, 0.3) is 0 Å². The summed E-state index contributed by atoms with van der Waals surface area (Å²) in [5, 5.41) is 13.3. The van der Waals surface area contributed by atoms with Gasteiger partial charge < -0.3 is 20.2 Å². The van der Waals surface area contributed by atoms with Crippen molar-refractivity contribution in [1.82, 2.24) is 14.7 Å². The summed E-state index contributed by atoms with van der Waals surface area (Å²) in [7, 11) is -0.226. The van der Waals surface area contributed by atoms with Gasteiger partial charge in [0.2, 0.25) is 16.0 Å². The fourth-order valence-electron chi connectivity index (χ4n) is 5.65. The van der Waals surface area contributed by atoms with E-state index < -0.39 is 15.6 Å². The van der Waals surface area contributed by atoms with Gasteiger partial charge in [-0.3, -0.25) is 4.79 Å². The maximum absolute atomic E-state index is 13.1. The van der Waals surface area contributed by atoms with Crippen molar-refractivity contribution < 1.29 is 18.3 Å². The number of hydrogen-bond acceptors (Lipinski definition) is 8. The normalized spacial score (nSPS) is 24.3. The molecule has 2 bridgehead atoms. The number of nitrogens with one attached hydrogen (secondary N) is 2. The van der Waals surface area contributed by atoms with E-state index >= 15 is 0 Å². The van der Waals surface area contributed by atoms with Crippen molar-refractivity contribution in [3.8, 4) is 0 Å². The summed E-state index contributed by atoms with van der Waals surface area (Å²) in [4.78, 5) is 25.7. The van der Waals surface area contributed by atoms with Crippen molar-refractivity contribution in [2.24, 2.45) is 5.92 Å². The van der Waals surface area contributed by atoms with Crippen LogP contribution in [0.15, 0.2) is 53.6 Å². The summed E-state index contributed by atoms with van der Waals surface area (Å²) in [6.07, 6.45) is 3.33. The zero-order valence-corrected chi connectivity index (χ0v) is 21.6. The van der Waals surface area contributed by atoms with Crippen LogP contribution in [0.4, 0.5) is 28.8 Å². The number of nitrogens with zero attached hydrogens (tertiary/aromatic N) is 4. The molecule has 3 saturated carbocycles. The van der Waals surface area contributed by atoms with Crippen molar-refractivity contribution >= 4 is 44.8 Å². The van der Waals surface area contributed by atoms with Gasteiger partial charge in [-0.05, 0) is 62.4 Å². The van der Waals surface area contributed by atoms with Crippen molar-refractivity contribution in [2.75, 3.05) is 29.2 Å². The van der Waals surface area contributed by atoms with Crippen molar-refractivity contribution in [1.29, 1.82) is 0 Å². The Morgan fingerprint density at radius 1 is 1.05 bits per heavy atom. The van der Waals surface area contributed by atoms with Crippen molar-refractivity contribution in [3.05, 3.63) is 59.8 Å². The Hall–Kier alpha value is -3.54. The molecule has 3 aromatic rings. The molecule has 37 heavy (non-hydrogen) atoms. The summed E-state index contributed by atoms with van der Waals surface area (Å²) in [5.41, 5.74) is 2.65. The van der Waals surface area contributed by atoms with E-state index in [1.807, 2.05) is 37.1 Å². The fraction of sp³-hybridized carbons (Fsp3) is 0.346. The first-order valence-electron chi connectivity index (χ1n) is 12.1. The molecule has 1 aromatic heterocycles. The van der Waals surface area contributed by atoms with E-state index in [0.29, 0.717) is 42.0 Å². The number of rotatable bonds is 5. The van der Waals surface area contributed by atoms with Crippen LogP contribution in [0, 0.1) is 12.8 Å². The highest BCUT2D eigenvalue weighted by Gasteiger charge is 2.55. The lowest BCUT2D eigenvalue weighted by atomic mass is 9.80. The van der Waals surface area contributed by atoms with Crippen LogP contribution in [0.2, 0.25) is 0 Å². The third-order valence-corrected chi connectivity index (χ3v) is 9.13. The lowest BCUT2D eigenvalue weighted by Gasteiger charge is -2.32. The van der Waals surface area contributed by atoms with E-state index in [0.717, 1.165) is 11.3 Å². The minimum absolute atomic E-state index is 0.120. The van der Waals surface area contributed by atoms with Crippen LogP contribution in [0.1, 0.15) is 35.2 Å². The lowest BCUT2D eigenvalue weighted by Crippen LogP contribution is -2.38. The Morgan fingerprint density at radius 3 is 2.57 bits per heavy atom. The van der Waals surface area contributed by atoms with E-state index in [4.69, 9.17) is 0 Å². The quantitative estimate of drug-likeness (QED) is 0.468. The maximum atomic E-state index is 13.1. The molecule has 3 N–H and O–H groups in total. The van der Waals surface area contributed by atoms with E-state index in [1.54, 1.807) is 25.4 Å². The number of sulfonamides is 1. The van der Waals surface area contributed by atoms with Crippen LogP contribution < -0.4 is 19.8 Å². The number of aromatic nitrogens is 2. The molecule has 1 atom stereocenters. The second kappa shape index (κ2) is 8.23. The number of amides is 1. The van der Waals surface area contributed by atoms with Gasteiger partial charge in [0, 0.05) is 25.8 Å². The first-order valence-corrected chi connectivity index (χ1v) is 13.6. The Kier molecular flexibility index (Phi) is 5.30. The maximum Gasteiger partial charge on any atom is 0.260 e. The molecule has 2 heterocycles. The molecule has 7 rings (SSSR count). The predicted octanol–water partition coefficient (Wildman–Crippen LogP) is 3.08. The minimum atomic E-state index is -3.76. The number of benzene rings is 2. The van der Waals surface area contributed by atoms with E-state index in [2.05, 4.69) is 20.0 Å². The SMILES string of the molecule is Cc1ccc2c(c1)C(=O)N(C)c1cnc(Nc3cccc(S(=O)(=O)NC4CC5(O)CC4C5)c3)nc1N2C. The average Bonchev–Trinajstić information content (AvgIpc) is 3.31. The zero-order chi connectivity index (χ0) is 26.1. The van der Waals surface area contributed by atoms with Crippen molar-refractivity contribution in [2.45, 2.75) is 42.7 Å². The standard InChI is InChI=1S/C26H28N6O4S/c1-15-7-8-21-19(9-15)24(33)32(3)22-14-27-25(29-23(22)31(21)2)28-17-5-4-6-18(10-17)37(35,36)30-20-13-26(34)11-16(20)12-26/h4-10,14,16,20,30,34H,11-13H2,1-3H3,(H,27,28,29). The van der Waals surface area contributed by atoms with E-state index in [-0.39, 0.29) is 28.7 Å². The number of carbonyl (C=O) groups is 1. The number of anilines is 5. The largest absolute Gasteiger partial charge is 0.390 e. The van der Waals surface area contributed by atoms with Crippen LogP contribution in [0.5, 0.6) is 0 Å². The Bertz CT molecular complexity index is 1540. The molecule has 0 saturated heterocycles. The molecule has 1 unspecified atom stereocenters. The second-order valence-corrected chi connectivity index (χ2v) is 12.0. The second-order valence-electron chi connectivity index (χ2n) is 10.3. The van der Waals surface area contributed by atoms with Gasteiger partial charge in [0.1, 0.15) is 5.69 Å². The summed E-state index contributed by atoms with van der Waals surface area (Å²) in [6, 6.07) is 11.9. The van der Waals surface area contributed by atoms with Gasteiger partial charge in [0.25, 0.3) is 5.91 Å². The third kappa shape index (κ3) is 4.03. The molecule has 0 spiro atoms. The molecule has 3 fully saturated rings. The van der Waals surface area contributed by atoms with Crippen LogP contribution in [-0.2, 0) is 10.0 Å². The summed E-state index contributed by atoms with van der Waals surface area (Å²) in [6.45, 7) is 1.94. The molecule has 3 aliphatic carbocycles. The van der Waals surface area contributed by atoms with E-state index in [1.165, 1.54) is 17.0 Å².